The van der Waals surface area contributed by atoms with Gasteiger partial charge in [-0.15, -0.1) is 0 Å². The molecule has 0 spiro atoms. The predicted octanol–water partition coefficient (Wildman–Crippen LogP) is 2.31. The topological polar surface area (TPSA) is 41.6 Å². The van der Waals surface area contributed by atoms with Crippen LogP contribution in [0.3, 0.4) is 0 Å². The molecule has 0 saturated carbocycles. The Labute approximate surface area is 114 Å². The first-order valence-corrected chi connectivity index (χ1v) is 6.80. The number of rotatable bonds is 4. The number of nitrogens with zero attached hydrogens (tertiary/aromatic N) is 1. The van der Waals surface area contributed by atoms with E-state index in [0.29, 0.717) is 0 Å². The minimum absolute atomic E-state index is 0.0386. The average molecular weight is 262 g/mol. The average Bonchev–Trinajstić information content (AvgIpc) is 2.74. The zero-order valence-corrected chi connectivity index (χ0v) is 12.0. The number of hydrogen-bond acceptors (Lipinski definition) is 3. The lowest BCUT2D eigenvalue weighted by molar-refractivity contribution is -0.131. The molecule has 0 radical (unpaired) electrons. The van der Waals surface area contributed by atoms with Gasteiger partial charge < -0.3 is 9.64 Å². The first kappa shape index (κ1) is 13.9. The van der Waals surface area contributed by atoms with E-state index in [-0.39, 0.29) is 24.2 Å². The van der Waals surface area contributed by atoms with Gasteiger partial charge in [-0.1, -0.05) is 19.1 Å². The van der Waals surface area contributed by atoms with E-state index < -0.39 is 0 Å². The van der Waals surface area contributed by atoms with Crippen LogP contribution in [0.25, 0.3) is 0 Å². The van der Waals surface area contributed by atoms with Gasteiger partial charge in [0.2, 0.25) is 5.91 Å². The molecule has 104 valence electrons. The van der Waals surface area contributed by atoms with Crippen LogP contribution in [0.5, 0.6) is 5.75 Å². The maximum atomic E-state index is 12.3. The highest BCUT2D eigenvalue weighted by atomic mass is 16.5. The summed E-state index contributed by atoms with van der Waals surface area (Å²) in [5, 5.41) is 3.36. The maximum Gasteiger partial charge on any atom is 0.241 e. The summed E-state index contributed by atoms with van der Waals surface area (Å²) in [6, 6.07) is 7.99. The van der Waals surface area contributed by atoms with E-state index in [2.05, 4.69) is 19.2 Å². The maximum absolute atomic E-state index is 12.3. The lowest BCUT2D eigenvalue weighted by Gasteiger charge is -2.30. The Morgan fingerprint density at radius 2 is 2.00 bits per heavy atom. The van der Waals surface area contributed by atoms with Crippen LogP contribution in [0, 0.1) is 0 Å². The van der Waals surface area contributed by atoms with E-state index in [0.717, 1.165) is 17.7 Å². The van der Waals surface area contributed by atoms with Crippen molar-refractivity contribution in [2.75, 3.05) is 7.11 Å². The number of methoxy groups -OCH3 is 1. The monoisotopic (exact) mass is 262 g/mol. The van der Waals surface area contributed by atoms with Crippen LogP contribution >= 0.6 is 0 Å². The third-order valence-electron chi connectivity index (χ3n) is 3.81. The molecule has 1 amide bonds. The molecule has 1 aliphatic rings. The van der Waals surface area contributed by atoms with Gasteiger partial charge in [-0.2, -0.15) is 0 Å². The molecule has 1 aromatic rings. The molecule has 0 aliphatic carbocycles. The van der Waals surface area contributed by atoms with E-state index >= 15 is 0 Å². The predicted molar refractivity (Wildman–Crippen MR) is 74.9 cm³/mol. The second kappa shape index (κ2) is 5.61. The third-order valence-corrected chi connectivity index (χ3v) is 3.81. The molecule has 1 saturated heterocycles. The Bertz CT molecular complexity index is 444. The van der Waals surface area contributed by atoms with Crippen molar-refractivity contribution in [2.45, 2.75) is 45.4 Å². The van der Waals surface area contributed by atoms with Gasteiger partial charge in [0.25, 0.3) is 0 Å². The summed E-state index contributed by atoms with van der Waals surface area (Å²) in [6.45, 7) is 6.11. The highest BCUT2D eigenvalue weighted by Crippen LogP contribution is 2.29. The summed E-state index contributed by atoms with van der Waals surface area (Å²) in [4.78, 5) is 14.2. The second-order valence-electron chi connectivity index (χ2n) is 5.07. The van der Waals surface area contributed by atoms with Crippen LogP contribution < -0.4 is 10.1 Å². The van der Waals surface area contributed by atoms with Gasteiger partial charge in [0.15, 0.2) is 0 Å². The SMILES string of the molecule is CCC(C)N1C(=O)C(C)NC1c1ccc(OC)cc1. The first-order valence-electron chi connectivity index (χ1n) is 6.80. The molecule has 1 aromatic carbocycles. The molecule has 19 heavy (non-hydrogen) atoms. The fourth-order valence-corrected chi connectivity index (χ4v) is 2.45. The standard InChI is InChI=1S/C15H22N2O2/c1-5-10(2)17-14(16-11(3)15(17)18)12-6-8-13(19-4)9-7-12/h6-11,14,16H,5H2,1-4H3. The molecule has 2 rings (SSSR count). The molecule has 3 unspecified atom stereocenters. The molecule has 0 aromatic heterocycles. The summed E-state index contributed by atoms with van der Waals surface area (Å²) in [5.41, 5.74) is 1.10. The molecule has 3 atom stereocenters. The smallest absolute Gasteiger partial charge is 0.241 e. The Hall–Kier alpha value is -1.55. The Balaban J connectivity index is 2.27. The van der Waals surface area contributed by atoms with Crippen LogP contribution in [0.2, 0.25) is 0 Å². The van der Waals surface area contributed by atoms with Crippen LogP contribution in [-0.4, -0.2) is 30.0 Å². The number of carbonyl (C=O) groups is 1. The number of carbonyl (C=O) groups excluding carboxylic acids is 1. The quantitative estimate of drug-likeness (QED) is 0.905. The van der Waals surface area contributed by atoms with E-state index in [1.807, 2.05) is 36.1 Å². The van der Waals surface area contributed by atoms with Gasteiger partial charge in [-0.3, -0.25) is 10.1 Å². The number of amides is 1. The molecule has 4 heteroatoms. The molecule has 1 N–H and O–H groups in total. The highest BCUT2D eigenvalue weighted by molar-refractivity contribution is 5.84. The summed E-state index contributed by atoms with van der Waals surface area (Å²) in [7, 11) is 1.65. The Kier molecular flexibility index (Phi) is 4.10. The number of benzene rings is 1. The van der Waals surface area contributed by atoms with Crippen molar-refractivity contribution < 1.29 is 9.53 Å². The minimum atomic E-state index is -0.124. The summed E-state index contributed by atoms with van der Waals surface area (Å²) in [5.74, 6) is 1.01. The zero-order chi connectivity index (χ0) is 14.0. The van der Waals surface area contributed by atoms with E-state index in [4.69, 9.17) is 4.74 Å². The van der Waals surface area contributed by atoms with Gasteiger partial charge in [-0.05, 0) is 38.0 Å². The van der Waals surface area contributed by atoms with Crippen molar-refractivity contribution in [3.63, 3.8) is 0 Å². The molecule has 1 aliphatic heterocycles. The van der Waals surface area contributed by atoms with Gasteiger partial charge in [-0.25, -0.2) is 0 Å². The van der Waals surface area contributed by atoms with Crippen LogP contribution in [0.1, 0.15) is 38.9 Å². The zero-order valence-electron chi connectivity index (χ0n) is 12.0. The normalized spacial score (nSPS) is 24.6. The largest absolute Gasteiger partial charge is 0.497 e. The summed E-state index contributed by atoms with van der Waals surface area (Å²) in [6.07, 6.45) is 0.913. The Morgan fingerprint density at radius 3 is 2.53 bits per heavy atom. The third kappa shape index (κ3) is 2.59. The van der Waals surface area contributed by atoms with E-state index in [1.54, 1.807) is 7.11 Å². The van der Waals surface area contributed by atoms with Gasteiger partial charge >= 0.3 is 0 Å². The Morgan fingerprint density at radius 1 is 1.37 bits per heavy atom. The highest BCUT2D eigenvalue weighted by Gasteiger charge is 2.39. The van der Waals surface area contributed by atoms with Crippen molar-refractivity contribution in [2.24, 2.45) is 0 Å². The van der Waals surface area contributed by atoms with Crippen molar-refractivity contribution >= 4 is 5.91 Å². The minimum Gasteiger partial charge on any atom is -0.497 e. The van der Waals surface area contributed by atoms with Gasteiger partial charge in [0.05, 0.1) is 13.2 Å². The number of ether oxygens (including phenoxy) is 1. The van der Waals surface area contributed by atoms with Crippen molar-refractivity contribution in [1.29, 1.82) is 0 Å². The van der Waals surface area contributed by atoms with Gasteiger partial charge in [0.1, 0.15) is 11.9 Å². The summed E-state index contributed by atoms with van der Waals surface area (Å²) >= 11 is 0. The molecule has 4 nitrogen and oxygen atoms in total. The summed E-state index contributed by atoms with van der Waals surface area (Å²) < 4.78 is 5.17. The molecule has 1 fully saturated rings. The lowest BCUT2D eigenvalue weighted by atomic mass is 10.1. The fourth-order valence-electron chi connectivity index (χ4n) is 2.45. The van der Waals surface area contributed by atoms with Crippen molar-refractivity contribution in [3.05, 3.63) is 29.8 Å². The second-order valence-corrected chi connectivity index (χ2v) is 5.07. The van der Waals surface area contributed by atoms with Gasteiger partial charge in [0, 0.05) is 6.04 Å². The molecular formula is C15H22N2O2. The van der Waals surface area contributed by atoms with E-state index in [1.165, 1.54) is 0 Å². The first-order chi connectivity index (χ1) is 9.08. The molecule has 0 bridgehead atoms. The van der Waals surface area contributed by atoms with E-state index in [9.17, 15) is 4.79 Å². The van der Waals surface area contributed by atoms with Crippen molar-refractivity contribution in [3.8, 4) is 5.75 Å². The fraction of sp³-hybridized carbons (Fsp3) is 0.533. The lowest BCUT2D eigenvalue weighted by Crippen LogP contribution is -2.37. The van der Waals surface area contributed by atoms with Crippen molar-refractivity contribution in [1.82, 2.24) is 10.2 Å². The molecular weight excluding hydrogens is 240 g/mol. The van der Waals surface area contributed by atoms with Crippen LogP contribution in [0.4, 0.5) is 0 Å². The van der Waals surface area contributed by atoms with Crippen LogP contribution in [0.15, 0.2) is 24.3 Å². The number of hydrogen-bond donors (Lipinski definition) is 1. The van der Waals surface area contributed by atoms with Crippen LogP contribution in [-0.2, 0) is 4.79 Å². The number of nitrogens with one attached hydrogen (secondary N) is 1. The molecule has 1 heterocycles.